The Morgan fingerprint density at radius 3 is 2.64 bits per heavy atom. The van der Waals surface area contributed by atoms with Crippen LogP contribution in [0.1, 0.15) is 37.7 Å². The summed E-state index contributed by atoms with van der Waals surface area (Å²) in [6.07, 6.45) is 0.848. The second-order valence-corrected chi connectivity index (χ2v) is 8.27. The quantitative estimate of drug-likeness (QED) is 0.649. The molecule has 1 N–H and O–H groups in total. The fourth-order valence-electron chi connectivity index (χ4n) is 4.29. The highest BCUT2D eigenvalue weighted by molar-refractivity contribution is 5.89. The van der Waals surface area contributed by atoms with Crippen molar-refractivity contribution in [2.75, 3.05) is 31.5 Å². The lowest BCUT2D eigenvalue weighted by molar-refractivity contribution is 0.114. The van der Waals surface area contributed by atoms with E-state index in [0.717, 1.165) is 12.2 Å². The van der Waals surface area contributed by atoms with Crippen LogP contribution < -0.4 is 10.9 Å². The van der Waals surface area contributed by atoms with Crippen molar-refractivity contribution in [3.8, 4) is 6.07 Å². The number of urea groups is 1. The molecular weight excluding hydrogens is 416 g/mol. The summed E-state index contributed by atoms with van der Waals surface area (Å²) in [5.74, 6) is 0.770. The summed E-state index contributed by atoms with van der Waals surface area (Å²) in [5.41, 5.74) is 1.84. The Kier molecular flexibility index (Phi) is 6.71. The molecular formula is C25H28N6O2. The van der Waals surface area contributed by atoms with E-state index < -0.39 is 0 Å². The summed E-state index contributed by atoms with van der Waals surface area (Å²) < 4.78 is 1.80. The van der Waals surface area contributed by atoms with Crippen LogP contribution in [-0.4, -0.2) is 51.6 Å². The summed E-state index contributed by atoms with van der Waals surface area (Å²) in [7, 11) is 0. The number of carbonyl (C=O) groups is 1. The average molecular weight is 445 g/mol. The van der Waals surface area contributed by atoms with Gasteiger partial charge in [-0.25, -0.2) is 9.78 Å². The summed E-state index contributed by atoms with van der Waals surface area (Å²) in [5, 5.41) is 12.6. The van der Waals surface area contributed by atoms with Crippen LogP contribution in [0.15, 0.2) is 53.3 Å². The molecule has 33 heavy (non-hydrogen) atoms. The second-order valence-electron chi connectivity index (χ2n) is 8.27. The largest absolute Gasteiger partial charge is 0.322 e. The van der Waals surface area contributed by atoms with Crippen molar-refractivity contribution in [2.24, 2.45) is 0 Å². The van der Waals surface area contributed by atoms with E-state index in [1.54, 1.807) is 33.7 Å². The maximum absolute atomic E-state index is 13.1. The van der Waals surface area contributed by atoms with Gasteiger partial charge in [0, 0.05) is 38.4 Å². The zero-order valence-electron chi connectivity index (χ0n) is 19.0. The Labute approximate surface area is 193 Å². The van der Waals surface area contributed by atoms with Gasteiger partial charge in [0.25, 0.3) is 5.56 Å². The van der Waals surface area contributed by atoms with Crippen LogP contribution in [0.4, 0.5) is 10.5 Å². The number of nitrogens with one attached hydrogen (secondary N) is 1. The molecule has 1 unspecified atom stereocenters. The van der Waals surface area contributed by atoms with E-state index in [1.807, 2.05) is 24.3 Å². The third-order valence-electron chi connectivity index (χ3n) is 6.10. The zero-order chi connectivity index (χ0) is 23.4. The number of nitrogens with zero attached hydrogens (tertiary/aromatic N) is 5. The molecule has 2 aromatic carbocycles. The van der Waals surface area contributed by atoms with Crippen molar-refractivity contribution in [3.05, 3.63) is 70.3 Å². The van der Waals surface area contributed by atoms with Gasteiger partial charge in [0.1, 0.15) is 5.82 Å². The Hall–Kier alpha value is -3.70. The van der Waals surface area contributed by atoms with Crippen LogP contribution in [0, 0.1) is 11.3 Å². The molecule has 0 radical (unpaired) electrons. The third kappa shape index (κ3) is 4.73. The molecule has 3 aromatic rings. The molecule has 0 aliphatic carbocycles. The number of para-hydroxylation sites is 1. The minimum Gasteiger partial charge on any atom is -0.322 e. The number of aromatic nitrogens is 2. The number of benzene rings is 2. The predicted octanol–water partition coefficient (Wildman–Crippen LogP) is 3.59. The van der Waals surface area contributed by atoms with Crippen molar-refractivity contribution in [1.82, 2.24) is 19.4 Å². The van der Waals surface area contributed by atoms with Crippen LogP contribution in [0.25, 0.3) is 10.9 Å². The Balaban J connectivity index is 1.47. The standard InChI is InChI=1S/C25H28N6O2/c1-3-11-31-23(28-22-10-5-4-9-21(22)24(31)32)18(2)29-12-14-30(15-13-29)25(33)27-20-8-6-7-19(16-20)17-26/h4-10,16,18H,3,11-15H2,1-2H3,(H,27,33). The molecule has 1 atom stereocenters. The maximum atomic E-state index is 13.1. The maximum Gasteiger partial charge on any atom is 0.321 e. The van der Waals surface area contributed by atoms with Crippen LogP contribution in [0.5, 0.6) is 0 Å². The number of anilines is 1. The molecule has 8 nitrogen and oxygen atoms in total. The molecule has 1 aromatic heterocycles. The lowest BCUT2D eigenvalue weighted by atomic mass is 10.1. The van der Waals surface area contributed by atoms with Crippen molar-refractivity contribution >= 4 is 22.6 Å². The molecule has 170 valence electrons. The number of nitriles is 1. The molecule has 8 heteroatoms. The van der Waals surface area contributed by atoms with Crippen molar-refractivity contribution in [1.29, 1.82) is 5.26 Å². The number of piperazine rings is 1. The normalized spacial score (nSPS) is 15.2. The number of amides is 2. The van der Waals surface area contributed by atoms with Gasteiger partial charge in [-0.3, -0.25) is 14.3 Å². The van der Waals surface area contributed by atoms with Crippen molar-refractivity contribution in [3.63, 3.8) is 0 Å². The van der Waals surface area contributed by atoms with Crippen LogP contribution in [-0.2, 0) is 6.54 Å². The predicted molar refractivity (Wildman–Crippen MR) is 128 cm³/mol. The highest BCUT2D eigenvalue weighted by Crippen LogP contribution is 2.22. The first-order chi connectivity index (χ1) is 16.0. The van der Waals surface area contributed by atoms with Gasteiger partial charge in [-0.15, -0.1) is 0 Å². The zero-order valence-corrected chi connectivity index (χ0v) is 19.0. The summed E-state index contributed by atoms with van der Waals surface area (Å²) >= 11 is 0. The number of carbonyl (C=O) groups excluding carboxylic acids is 1. The minimum atomic E-state index is -0.177. The smallest absolute Gasteiger partial charge is 0.321 e. The van der Waals surface area contributed by atoms with Crippen LogP contribution in [0.2, 0.25) is 0 Å². The Morgan fingerprint density at radius 2 is 1.91 bits per heavy atom. The fraction of sp³-hybridized carbons (Fsp3) is 0.360. The molecule has 4 rings (SSSR count). The van der Waals surface area contributed by atoms with Gasteiger partial charge in [0.15, 0.2) is 0 Å². The fourth-order valence-corrected chi connectivity index (χ4v) is 4.29. The van der Waals surface area contributed by atoms with E-state index in [-0.39, 0.29) is 17.6 Å². The Morgan fingerprint density at radius 1 is 1.15 bits per heavy atom. The van der Waals surface area contributed by atoms with Gasteiger partial charge < -0.3 is 10.2 Å². The molecule has 0 spiro atoms. The summed E-state index contributed by atoms with van der Waals surface area (Å²) in [4.78, 5) is 34.7. The average Bonchev–Trinajstić information content (AvgIpc) is 2.85. The lowest BCUT2D eigenvalue weighted by Crippen LogP contribution is -2.51. The van der Waals surface area contributed by atoms with E-state index in [9.17, 15) is 9.59 Å². The first-order valence-corrected chi connectivity index (χ1v) is 11.3. The molecule has 2 amide bonds. The van der Waals surface area contributed by atoms with E-state index in [4.69, 9.17) is 10.2 Å². The molecule has 1 aliphatic rings. The molecule has 1 fully saturated rings. The lowest BCUT2D eigenvalue weighted by Gasteiger charge is -2.38. The monoisotopic (exact) mass is 444 g/mol. The highest BCUT2D eigenvalue weighted by Gasteiger charge is 2.27. The first kappa shape index (κ1) is 22.5. The number of rotatable bonds is 5. The van der Waals surface area contributed by atoms with Crippen LogP contribution >= 0.6 is 0 Å². The van der Waals surface area contributed by atoms with Gasteiger partial charge in [-0.1, -0.05) is 25.1 Å². The molecule has 2 heterocycles. The highest BCUT2D eigenvalue weighted by atomic mass is 16.2. The molecule has 0 saturated carbocycles. The van der Waals surface area contributed by atoms with Gasteiger partial charge in [-0.05, 0) is 43.7 Å². The topological polar surface area (TPSA) is 94.3 Å². The second kappa shape index (κ2) is 9.84. The van der Waals surface area contributed by atoms with Gasteiger partial charge in [-0.2, -0.15) is 5.26 Å². The summed E-state index contributed by atoms with van der Waals surface area (Å²) in [6, 6.07) is 16.2. The van der Waals surface area contributed by atoms with E-state index >= 15 is 0 Å². The molecule has 0 bridgehead atoms. The minimum absolute atomic E-state index is 0.00177. The van der Waals surface area contributed by atoms with E-state index in [2.05, 4.69) is 30.1 Å². The SMILES string of the molecule is CCCn1c(C(C)N2CCN(C(=O)Nc3cccc(C#N)c3)CC2)nc2ccccc2c1=O. The van der Waals surface area contributed by atoms with E-state index in [0.29, 0.717) is 54.9 Å². The van der Waals surface area contributed by atoms with Crippen LogP contribution in [0.3, 0.4) is 0 Å². The first-order valence-electron chi connectivity index (χ1n) is 11.3. The van der Waals surface area contributed by atoms with Gasteiger partial charge in [0.05, 0.1) is 28.6 Å². The third-order valence-corrected chi connectivity index (χ3v) is 6.10. The Bertz CT molecular complexity index is 1250. The number of hydrogen-bond acceptors (Lipinski definition) is 5. The van der Waals surface area contributed by atoms with Crippen molar-refractivity contribution in [2.45, 2.75) is 32.9 Å². The number of hydrogen-bond donors (Lipinski definition) is 1. The molecule has 1 aliphatic heterocycles. The van der Waals surface area contributed by atoms with E-state index in [1.165, 1.54) is 0 Å². The number of fused-ring (bicyclic) bond motifs is 1. The van der Waals surface area contributed by atoms with Gasteiger partial charge >= 0.3 is 6.03 Å². The van der Waals surface area contributed by atoms with Crippen molar-refractivity contribution < 1.29 is 4.79 Å². The summed E-state index contributed by atoms with van der Waals surface area (Å²) in [6.45, 7) is 7.26. The molecule has 1 saturated heterocycles. The van der Waals surface area contributed by atoms with Gasteiger partial charge in [0.2, 0.25) is 0 Å².